The molecule has 0 saturated heterocycles. The summed E-state index contributed by atoms with van der Waals surface area (Å²) in [6.07, 6.45) is 5.66. The molecule has 5 heteroatoms. The van der Waals surface area contributed by atoms with Gasteiger partial charge in [-0.15, -0.1) is 0 Å². The fraction of sp³-hybridized carbons (Fsp3) is 0.286. The number of hydrogen-bond donors (Lipinski definition) is 2. The molecule has 1 fully saturated rings. The number of aromatic hydroxyl groups is 1. The number of nitrogen functional groups attached to an aromatic ring is 1. The van der Waals surface area contributed by atoms with E-state index >= 15 is 0 Å². The highest BCUT2D eigenvalue weighted by atomic mass is 16.3. The number of aromatic nitrogens is 2. The van der Waals surface area contributed by atoms with E-state index in [9.17, 15) is 5.11 Å². The second-order valence-electron chi connectivity index (χ2n) is 4.89. The third kappa shape index (κ3) is 2.31. The summed E-state index contributed by atoms with van der Waals surface area (Å²) in [4.78, 5) is 4.07. The monoisotopic (exact) mass is 256 g/mol. The quantitative estimate of drug-likeness (QED) is 0.827. The number of rotatable bonds is 3. The number of imidazole rings is 1. The predicted molar refractivity (Wildman–Crippen MR) is 74.5 cm³/mol. The number of aryl methyl sites for hydroxylation is 1. The SMILES string of the molecule is Cc1cn(N=Cc2cccc(C3CC3)c2O)c(N)n1. The Balaban J connectivity index is 1.90. The van der Waals surface area contributed by atoms with Gasteiger partial charge in [0.05, 0.1) is 18.1 Å². The first-order valence-corrected chi connectivity index (χ1v) is 6.33. The molecule has 0 aliphatic heterocycles. The summed E-state index contributed by atoms with van der Waals surface area (Å²) >= 11 is 0. The van der Waals surface area contributed by atoms with E-state index in [-0.39, 0.29) is 0 Å². The minimum Gasteiger partial charge on any atom is -0.507 e. The van der Waals surface area contributed by atoms with Gasteiger partial charge in [0.25, 0.3) is 0 Å². The number of phenols is 1. The van der Waals surface area contributed by atoms with Crippen molar-refractivity contribution in [1.29, 1.82) is 0 Å². The van der Waals surface area contributed by atoms with Crippen LogP contribution >= 0.6 is 0 Å². The Hall–Kier alpha value is -2.30. The van der Waals surface area contributed by atoms with Crippen LogP contribution in [-0.2, 0) is 0 Å². The summed E-state index contributed by atoms with van der Waals surface area (Å²) in [5, 5.41) is 14.4. The summed E-state index contributed by atoms with van der Waals surface area (Å²) in [5.74, 6) is 1.17. The van der Waals surface area contributed by atoms with Gasteiger partial charge in [0, 0.05) is 5.56 Å². The van der Waals surface area contributed by atoms with Gasteiger partial charge in [-0.25, -0.2) is 9.66 Å². The van der Waals surface area contributed by atoms with Crippen LogP contribution in [0.1, 0.15) is 35.6 Å². The molecule has 3 rings (SSSR count). The van der Waals surface area contributed by atoms with Gasteiger partial charge in [0.1, 0.15) is 5.75 Å². The molecule has 1 aromatic heterocycles. The normalized spacial score (nSPS) is 15.2. The molecule has 0 radical (unpaired) electrons. The molecule has 98 valence electrons. The van der Waals surface area contributed by atoms with E-state index in [4.69, 9.17) is 5.73 Å². The zero-order valence-corrected chi connectivity index (χ0v) is 10.7. The molecule has 0 unspecified atom stereocenters. The smallest absolute Gasteiger partial charge is 0.221 e. The van der Waals surface area contributed by atoms with E-state index in [1.807, 2.05) is 25.1 Å². The number of phenolic OH excluding ortho intramolecular Hbond substituents is 1. The Labute approximate surface area is 111 Å². The Morgan fingerprint density at radius 2 is 2.26 bits per heavy atom. The van der Waals surface area contributed by atoms with Gasteiger partial charge in [0.2, 0.25) is 5.95 Å². The van der Waals surface area contributed by atoms with Gasteiger partial charge >= 0.3 is 0 Å². The van der Waals surface area contributed by atoms with Crippen molar-refractivity contribution in [2.24, 2.45) is 5.10 Å². The average Bonchev–Trinajstić information content (AvgIpc) is 3.15. The fourth-order valence-corrected chi connectivity index (χ4v) is 2.13. The van der Waals surface area contributed by atoms with E-state index in [0.717, 1.165) is 24.1 Å². The van der Waals surface area contributed by atoms with Crippen molar-refractivity contribution in [2.45, 2.75) is 25.7 Å². The lowest BCUT2D eigenvalue weighted by atomic mass is 10.1. The van der Waals surface area contributed by atoms with Crippen LogP contribution < -0.4 is 5.73 Å². The van der Waals surface area contributed by atoms with E-state index < -0.39 is 0 Å². The van der Waals surface area contributed by atoms with Crippen LogP contribution in [0.5, 0.6) is 5.75 Å². The summed E-state index contributed by atoms with van der Waals surface area (Å²) < 4.78 is 1.50. The Bertz CT molecular complexity index is 641. The second-order valence-corrected chi connectivity index (χ2v) is 4.89. The summed E-state index contributed by atoms with van der Waals surface area (Å²) in [5.41, 5.74) is 8.23. The molecule has 0 bridgehead atoms. The molecule has 2 aromatic rings. The topological polar surface area (TPSA) is 76.4 Å². The van der Waals surface area contributed by atoms with E-state index in [2.05, 4.69) is 10.1 Å². The second kappa shape index (κ2) is 4.42. The zero-order chi connectivity index (χ0) is 13.4. The maximum Gasteiger partial charge on any atom is 0.221 e. The molecular formula is C14H16N4O. The van der Waals surface area contributed by atoms with Gasteiger partial charge in [0.15, 0.2) is 0 Å². The minimum atomic E-state index is 0.323. The minimum absolute atomic E-state index is 0.323. The molecule has 1 heterocycles. The summed E-state index contributed by atoms with van der Waals surface area (Å²) in [6.45, 7) is 1.85. The van der Waals surface area contributed by atoms with Crippen molar-refractivity contribution in [1.82, 2.24) is 9.66 Å². The molecule has 5 nitrogen and oxygen atoms in total. The number of anilines is 1. The lowest BCUT2D eigenvalue weighted by molar-refractivity contribution is 0.467. The van der Waals surface area contributed by atoms with Gasteiger partial charge in [-0.3, -0.25) is 0 Å². The van der Waals surface area contributed by atoms with E-state index in [0.29, 0.717) is 23.2 Å². The van der Waals surface area contributed by atoms with Crippen LogP contribution in [0.15, 0.2) is 29.5 Å². The number of benzene rings is 1. The summed E-state index contributed by atoms with van der Waals surface area (Å²) in [6, 6.07) is 5.75. The molecule has 19 heavy (non-hydrogen) atoms. The Morgan fingerprint density at radius 1 is 1.47 bits per heavy atom. The third-order valence-corrected chi connectivity index (χ3v) is 3.27. The van der Waals surface area contributed by atoms with Crippen LogP contribution in [0.3, 0.4) is 0 Å². The van der Waals surface area contributed by atoms with E-state index in [1.165, 1.54) is 4.68 Å². The van der Waals surface area contributed by atoms with Crippen molar-refractivity contribution in [3.8, 4) is 5.75 Å². The molecule has 1 saturated carbocycles. The average molecular weight is 256 g/mol. The van der Waals surface area contributed by atoms with Crippen molar-refractivity contribution in [3.63, 3.8) is 0 Å². The number of para-hydroxylation sites is 1. The standard InChI is InChI=1S/C14H16N4O/c1-9-8-18(14(15)17-9)16-7-11-3-2-4-12(13(11)19)10-5-6-10/h2-4,7-8,10,19H,5-6H2,1H3,(H2,15,17). The third-order valence-electron chi connectivity index (χ3n) is 3.27. The Kier molecular flexibility index (Phi) is 2.74. The molecule has 1 aliphatic rings. The largest absolute Gasteiger partial charge is 0.507 e. The van der Waals surface area contributed by atoms with Gasteiger partial charge < -0.3 is 10.8 Å². The first-order chi connectivity index (χ1) is 9.15. The first-order valence-electron chi connectivity index (χ1n) is 6.33. The highest BCUT2D eigenvalue weighted by Crippen LogP contribution is 2.44. The fourth-order valence-electron chi connectivity index (χ4n) is 2.13. The predicted octanol–water partition coefficient (Wildman–Crippen LogP) is 2.24. The Morgan fingerprint density at radius 3 is 2.89 bits per heavy atom. The van der Waals surface area contributed by atoms with Crippen molar-refractivity contribution < 1.29 is 5.11 Å². The maximum atomic E-state index is 10.2. The van der Waals surface area contributed by atoms with Gasteiger partial charge in [-0.1, -0.05) is 12.1 Å². The number of hydrogen-bond acceptors (Lipinski definition) is 4. The van der Waals surface area contributed by atoms with Gasteiger partial charge in [-0.2, -0.15) is 5.10 Å². The molecular weight excluding hydrogens is 240 g/mol. The molecule has 0 spiro atoms. The molecule has 0 atom stereocenters. The van der Waals surface area contributed by atoms with Gasteiger partial charge in [-0.05, 0) is 37.3 Å². The first kappa shape index (κ1) is 11.8. The maximum absolute atomic E-state index is 10.2. The van der Waals surface area contributed by atoms with Crippen LogP contribution in [0.2, 0.25) is 0 Å². The zero-order valence-electron chi connectivity index (χ0n) is 10.7. The van der Waals surface area contributed by atoms with Crippen LogP contribution in [0.4, 0.5) is 5.95 Å². The molecule has 3 N–H and O–H groups in total. The lowest BCUT2D eigenvalue weighted by Crippen LogP contribution is -1.97. The van der Waals surface area contributed by atoms with Crippen molar-refractivity contribution in [2.75, 3.05) is 5.73 Å². The molecule has 1 aliphatic carbocycles. The number of nitrogens with zero attached hydrogens (tertiary/aromatic N) is 3. The van der Waals surface area contributed by atoms with Crippen molar-refractivity contribution >= 4 is 12.2 Å². The van der Waals surface area contributed by atoms with Crippen LogP contribution in [-0.4, -0.2) is 21.0 Å². The molecule has 1 aromatic carbocycles. The lowest BCUT2D eigenvalue weighted by Gasteiger charge is -2.05. The molecule has 0 amide bonds. The van der Waals surface area contributed by atoms with Crippen LogP contribution in [0, 0.1) is 6.92 Å². The van der Waals surface area contributed by atoms with Crippen LogP contribution in [0.25, 0.3) is 0 Å². The van der Waals surface area contributed by atoms with E-state index in [1.54, 1.807) is 12.4 Å². The van der Waals surface area contributed by atoms with Crippen molar-refractivity contribution in [3.05, 3.63) is 41.2 Å². The number of nitrogens with two attached hydrogens (primary N) is 1. The summed E-state index contributed by atoms with van der Waals surface area (Å²) in [7, 11) is 0. The highest BCUT2D eigenvalue weighted by Gasteiger charge is 2.26. The highest BCUT2D eigenvalue weighted by molar-refractivity contribution is 5.84.